The number of hydrogen-bond donors (Lipinski definition) is 1. The fraction of sp³-hybridized carbons (Fsp3) is 0.0588. The highest BCUT2D eigenvalue weighted by atomic mass is 35.5. The van der Waals surface area contributed by atoms with Crippen LogP contribution >= 0.6 is 34.8 Å². The van der Waals surface area contributed by atoms with Gasteiger partial charge in [-0.25, -0.2) is 4.90 Å². The molecule has 0 aliphatic carbocycles. The maximum absolute atomic E-state index is 12.7. The van der Waals surface area contributed by atoms with Gasteiger partial charge in [0.2, 0.25) is 0 Å². The van der Waals surface area contributed by atoms with E-state index in [0.29, 0.717) is 27.2 Å². The number of methoxy groups -OCH3 is 1. The molecule has 0 fully saturated rings. The molecule has 0 spiro atoms. The second kappa shape index (κ2) is 6.96. The van der Waals surface area contributed by atoms with Crippen LogP contribution in [0.4, 0.5) is 11.4 Å². The van der Waals surface area contributed by atoms with Gasteiger partial charge >= 0.3 is 0 Å². The molecule has 8 heteroatoms. The molecule has 0 saturated carbocycles. The Morgan fingerprint density at radius 3 is 2.40 bits per heavy atom. The van der Waals surface area contributed by atoms with Crippen molar-refractivity contribution < 1.29 is 14.3 Å². The molecule has 0 atom stereocenters. The summed E-state index contributed by atoms with van der Waals surface area (Å²) in [4.78, 5) is 26.1. The van der Waals surface area contributed by atoms with Gasteiger partial charge in [-0.05, 0) is 30.3 Å². The van der Waals surface area contributed by atoms with E-state index in [2.05, 4.69) is 5.32 Å². The Labute approximate surface area is 158 Å². The van der Waals surface area contributed by atoms with E-state index in [1.807, 2.05) is 0 Å². The van der Waals surface area contributed by atoms with Gasteiger partial charge in [0.1, 0.15) is 16.5 Å². The molecule has 1 aliphatic rings. The molecule has 0 unspecified atom stereocenters. The third kappa shape index (κ3) is 3.31. The first-order valence-electron chi connectivity index (χ1n) is 7.07. The van der Waals surface area contributed by atoms with E-state index in [4.69, 9.17) is 39.5 Å². The monoisotopic (exact) mass is 396 g/mol. The van der Waals surface area contributed by atoms with Crippen molar-refractivity contribution >= 4 is 58.0 Å². The van der Waals surface area contributed by atoms with Gasteiger partial charge in [-0.1, -0.05) is 40.9 Å². The zero-order valence-corrected chi connectivity index (χ0v) is 15.1. The van der Waals surface area contributed by atoms with E-state index in [1.165, 1.54) is 13.2 Å². The maximum Gasteiger partial charge on any atom is 0.283 e. The Kier molecular flexibility index (Phi) is 4.90. The summed E-state index contributed by atoms with van der Waals surface area (Å²) in [5.74, 6) is -0.683. The van der Waals surface area contributed by atoms with E-state index in [1.54, 1.807) is 36.4 Å². The second-order valence-corrected chi connectivity index (χ2v) is 6.28. The quantitative estimate of drug-likeness (QED) is 0.775. The molecule has 0 aromatic heterocycles. The molecule has 0 saturated heterocycles. The van der Waals surface area contributed by atoms with E-state index in [9.17, 15) is 9.59 Å². The van der Waals surface area contributed by atoms with Crippen LogP contribution in [-0.2, 0) is 9.59 Å². The maximum atomic E-state index is 12.7. The fourth-order valence-electron chi connectivity index (χ4n) is 2.31. The number of rotatable bonds is 4. The number of benzene rings is 2. The summed E-state index contributed by atoms with van der Waals surface area (Å²) < 4.78 is 5.12. The third-order valence-electron chi connectivity index (χ3n) is 3.53. The van der Waals surface area contributed by atoms with Crippen LogP contribution in [0, 0.1) is 0 Å². The lowest BCUT2D eigenvalue weighted by Crippen LogP contribution is -2.32. The topological polar surface area (TPSA) is 58.6 Å². The number of nitrogens with zero attached hydrogens (tertiary/aromatic N) is 1. The summed E-state index contributed by atoms with van der Waals surface area (Å²) in [7, 11) is 1.50. The Morgan fingerprint density at radius 1 is 0.960 bits per heavy atom. The van der Waals surface area contributed by atoms with Gasteiger partial charge in [0, 0.05) is 11.8 Å². The predicted molar refractivity (Wildman–Crippen MR) is 98.5 cm³/mol. The van der Waals surface area contributed by atoms with Crippen molar-refractivity contribution in [2.24, 2.45) is 0 Å². The largest absolute Gasteiger partial charge is 0.497 e. The Balaban J connectivity index is 1.92. The molecule has 0 bridgehead atoms. The average Bonchev–Trinajstić information content (AvgIpc) is 2.81. The standard InChI is InChI=1S/C17H11Cl3N2O3/c1-25-11-4-2-3-10(8-11)22-16(23)14(20)15(17(22)24)21-9-5-6-12(18)13(19)7-9/h2-8,21H,1H3. The first-order chi connectivity index (χ1) is 11.9. The van der Waals surface area contributed by atoms with E-state index < -0.39 is 11.8 Å². The lowest BCUT2D eigenvalue weighted by molar-refractivity contribution is -0.120. The average molecular weight is 398 g/mol. The van der Waals surface area contributed by atoms with Gasteiger partial charge in [0.25, 0.3) is 11.8 Å². The molecule has 2 aromatic carbocycles. The van der Waals surface area contributed by atoms with Gasteiger partial charge in [0.05, 0.1) is 22.8 Å². The van der Waals surface area contributed by atoms with E-state index in [-0.39, 0.29) is 10.7 Å². The molecular formula is C17H11Cl3N2O3. The molecule has 2 amide bonds. The summed E-state index contributed by atoms with van der Waals surface area (Å²) in [6, 6.07) is 11.3. The third-order valence-corrected chi connectivity index (χ3v) is 4.62. The second-order valence-electron chi connectivity index (χ2n) is 5.09. The van der Waals surface area contributed by atoms with Gasteiger partial charge in [-0.15, -0.1) is 0 Å². The van der Waals surface area contributed by atoms with Crippen molar-refractivity contribution in [1.82, 2.24) is 0 Å². The van der Waals surface area contributed by atoms with Crippen LogP contribution in [-0.4, -0.2) is 18.9 Å². The van der Waals surface area contributed by atoms with Crippen molar-refractivity contribution in [2.45, 2.75) is 0 Å². The summed E-state index contributed by atoms with van der Waals surface area (Å²) >= 11 is 17.9. The highest BCUT2D eigenvalue weighted by Gasteiger charge is 2.39. The van der Waals surface area contributed by atoms with E-state index in [0.717, 1.165) is 4.90 Å². The first-order valence-corrected chi connectivity index (χ1v) is 8.20. The number of imide groups is 1. The number of ether oxygens (including phenoxy) is 1. The van der Waals surface area contributed by atoms with Crippen molar-refractivity contribution in [3.8, 4) is 5.75 Å². The van der Waals surface area contributed by atoms with Crippen molar-refractivity contribution in [3.63, 3.8) is 0 Å². The molecular weight excluding hydrogens is 387 g/mol. The molecule has 2 aromatic rings. The van der Waals surface area contributed by atoms with Crippen molar-refractivity contribution in [1.29, 1.82) is 0 Å². The van der Waals surface area contributed by atoms with Gasteiger partial charge in [-0.2, -0.15) is 0 Å². The van der Waals surface area contributed by atoms with Crippen molar-refractivity contribution in [3.05, 3.63) is 63.2 Å². The normalized spacial score (nSPS) is 14.3. The molecule has 0 radical (unpaired) electrons. The summed E-state index contributed by atoms with van der Waals surface area (Å²) in [6.07, 6.45) is 0. The minimum Gasteiger partial charge on any atom is -0.497 e. The van der Waals surface area contributed by atoms with Crippen LogP contribution in [0.1, 0.15) is 0 Å². The van der Waals surface area contributed by atoms with Gasteiger partial charge in [-0.3, -0.25) is 9.59 Å². The lowest BCUT2D eigenvalue weighted by atomic mass is 10.2. The van der Waals surface area contributed by atoms with Crippen LogP contribution in [0.2, 0.25) is 10.0 Å². The molecule has 25 heavy (non-hydrogen) atoms. The number of amides is 2. The van der Waals surface area contributed by atoms with Gasteiger partial charge < -0.3 is 10.1 Å². The highest BCUT2D eigenvalue weighted by Crippen LogP contribution is 2.33. The summed E-state index contributed by atoms with van der Waals surface area (Å²) in [6.45, 7) is 0. The van der Waals surface area contributed by atoms with Gasteiger partial charge in [0.15, 0.2) is 0 Å². The summed E-state index contributed by atoms with van der Waals surface area (Å²) in [5.41, 5.74) is 0.808. The van der Waals surface area contributed by atoms with Crippen LogP contribution in [0.5, 0.6) is 5.75 Å². The van der Waals surface area contributed by atoms with Crippen LogP contribution in [0.25, 0.3) is 0 Å². The lowest BCUT2D eigenvalue weighted by Gasteiger charge is -2.16. The number of carbonyl (C=O) groups excluding carboxylic acids is 2. The number of anilines is 2. The Morgan fingerprint density at radius 2 is 1.72 bits per heavy atom. The number of hydrogen-bond acceptors (Lipinski definition) is 4. The van der Waals surface area contributed by atoms with Crippen LogP contribution < -0.4 is 15.0 Å². The smallest absolute Gasteiger partial charge is 0.283 e. The molecule has 128 valence electrons. The van der Waals surface area contributed by atoms with Crippen LogP contribution in [0.15, 0.2) is 53.2 Å². The zero-order valence-electron chi connectivity index (χ0n) is 12.8. The number of nitrogens with one attached hydrogen (secondary N) is 1. The Hall–Kier alpha value is -2.21. The van der Waals surface area contributed by atoms with Crippen molar-refractivity contribution in [2.75, 3.05) is 17.3 Å². The molecule has 1 heterocycles. The number of carbonyl (C=O) groups is 2. The fourth-order valence-corrected chi connectivity index (χ4v) is 2.82. The molecule has 1 N–H and O–H groups in total. The first kappa shape index (κ1) is 17.6. The minimum atomic E-state index is -0.623. The summed E-state index contributed by atoms with van der Waals surface area (Å²) in [5, 5.41) is 3.30. The molecule has 5 nitrogen and oxygen atoms in total. The Bertz CT molecular complexity index is 912. The molecule has 1 aliphatic heterocycles. The zero-order chi connectivity index (χ0) is 18.1. The SMILES string of the molecule is COc1cccc(N2C(=O)C(Cl)=C(Nc3ccc(Cl)c(Cl)c3)C2=O)c1. The molecule has 3 rings (SSSR count). The minimum absolute atomic E-state index is 0.0344. The number of halogens is 3. The van der Waals surface area contributed by atoms with E-state index >= 15 is 0 Å². The predicted octanol–water partition coefficient (Wildman–Crippen LogP) is 4.44. The van der Waals surface area contributed by atoms with Crippen LogP contribution in [0.3, 0.4) is 0 Å². The highest BCUT2D eigenvalue weighted by molar-refractivity contribution is 6.53.